The lowest BCUT2D eigenvalue weighted by molar-refractivity contribution is -0.134. The first kappa shape index (κ1) is 16.9. The molecule has 4 nitrogen and oxygen atoms in total. The maximum atomic E-state index is 11.7. The van der Waals surface area contributed by atoms with Crippen molar-refractivity contribution in [2.45, 2.75) is 20.4 Å². The Hall–Kier alpha value is -2.46. The van der Waals surface area contributed by atoms with Gasteiger partial charge in [0.1, 0.15) is 0 Å². The molecule has 23 heavy (non-hydrogen) atoms. The molecule has 2 rings (SSSR count). The lowest BCUT2D eigenvalue weighted by Gasteiger charge is -2.27. The van der Waals surface area contributed by atoms with Crippen molar-refractivity contribution in [3.8, 4) is 0 Å². The van der Waals surface area contributed by atoms with E-state index in [1.807, 2.05) is 32.0 Å². The molecule has 0 spiro atoms. The molecule has 0 radical (unpaired) electrons. The summed E-state index contributed by atoms with van der Waals surface area (Å²) in [5.74, 6) is -1.01. The summed E-state index contributed by atoms with van der Waals surface area (Å²) in [5.41, 5.74) is 3.39. The average Bonchev–Trinajstić information content (AvgIpc) is 2.50. The molecule has 1 aliphatic heterocycles. The van der Waals surface area contributed by atoms with Gasteiger partial charge in [0.2, 0.25) is 0 Å². The SMILES string of the molecule is C=C1C=CC(NCc2cc(Cl)ccc2C)=C(C(=O)O)N1/C=C\C. The molecule has 1 aliphatic rings. The number of nitrogens with one attached hydrogen (secondary N) is 1. The third kappa shape index (κ3) is 3.85. The van der Waals surface area contributed by atoms with E-state index in [2.05, 4.69) is 11.9 Å². The zero-order valence-corrected chi connectivity index (χ0v) is 13.9. The van der Waals surface area contributed by atoms with Crippen LogP contribution in [0.2, 0.25) is 5.02 Å². The van der Waals surface area contributed by atoms with Crippen LogP contribution >= 0.6 is 11.6 Å². The van der Waals surface area contributed by atoms with Gasteiger partial charge < -0.3 is 15.3 Å². The van der Waals surface area contributed by atoms with Gasteiger partial charge >= 0.3 is 5.97 Å². The molecule has 5 heteroatoms. The molecular formula is C18H19ClN2O2. The van der Waals surface area contributed by atoms with Crippen molar-refractivity contribution in [2.24, 2.45) is 0 Å². The third-order valence-electron chi connectivity index (χ3n) is 3.53. The van der Waals surface area contributed by atoms with Crippen LogP contribution in [0.5, 0.6) is 0 Å². The van der Waals surface area contributed by atoms with Crippen LogP contribution in [0, 0.1) is 6.92 Å². The Labute approximate surface area is 141 Å². The van der Waals surface area contributed by atoms with E-state index in [9.17, 15) is 9.90 Å². The predicted molar refractivity (Wildman–Crippen MR) is 92.6 cm³/mol. The minimum Gasteiger partial charge on any atom is -0.476 e. The van der Waals surface area contributed by atoms with Crippen LogP contribution in [0.25, 0.3) is 0 Å². The highest BCUT2D eigenvalue weighted by molar-refractivity contribution is 6.30. The molecule has 0 fully saturated rings. The van der Waals surface area contributed by atoms with Crippen LogP contribution in [0.15, 0.2) is 66.3 Å². The number of halogens is 1. The van der Waals surface area contributed by atoms with Gasteiger partial charge in [-0.15, -0.1) is 0 Å². The number of carboxylic acids is 1. The molecule has 0 unspecified atom stereocenters. The zero-order chi connectivity index (χ0) is 17.0. The summed E-state index contributed by atoms with van der Waals surface area (Å²) in [6.45, 7) is 8.17. The van der Waals surface area contributed by atoms with Gasteiger partial charge in [-0.25, -0.2) is 4.79 Å². The second-order valence-corrected chi connectivity index (χ2v) is 5.61. The molecule has 0 aromatic heterocycles. The van der Waals surface area contributed by atoms with Crippen molar-refractivity contribution in [1.82, 2.24) is 10.2 Å². The Kier molecular flexibility index (Phi) is 5.29. The predicted octanol–water partition coefficient (Wildman–Crippen LogP) is 3.95. The molecule has 0 atom stereocenters. The van der Waals surface area contributed by atoms with Crippen LogP contribution in [-0.2, 0) is 11.3 Å². The highest BCUT2D eigenvalue weighted by Gasteiger charge is 2.23. The van der Waals surface area contributed by atoms with Crippen molar-refractivity contribution in [1.29, 1.82) is 0 Å². The Morgan fingerprint density at radius 3 is 2.83 bits per heavy atom. The van der Waals surface area contributed by atoms with Gasteiger partial charge in [-0.3, -0.25) is 0 Å². The van der Waals surface area contributed by atoms with Gasteiger partial charge in [0.15, 0.2) is 5.70 Å². The summed E-state index contributed by atoms with van der Waals surface area (Å²) in [6.07, 6.45) is 6.96. The number of hydrogen-bond donors (Lipinski definition) is 2. The van der Waals surface area contributed by atoms with E-state index < -0.39 is 5.97 Å². The van der Waals surface area contributed by atoms with E-state index in [0.717, 1.165) is 11.1 Å². The lowest BCUT2D eigenvalue weighted by Crippen LogP contribution is -2.29. The maximum Gasteiger partial charge on any atom is 0.355 e. The minimum absolute atomic E-state index is 0.148. The normalized spacial score (nSPS) is 14.7. The molecule has 2 N–H and O–H groups in total. The molecule has 1 heterocycles. The molecule has 0 saturated carbocycles. The van der Waals surface area contributed by atoms with Crippen molar-refractivity contribution < 1.29 is 9.90 Å². The number of allylic oxidation sites excluding steroid dienone is 3. The monoisotopic (exact) mass is 330 g/mol. The second kappa shape index (κ2) is 7.20. The maximum absolute atomic E-state index is 11.7. The van der Waals surface area contributed by atoms with Crippen LogP contribution in [-0.4, -0.2) is 16.0 Å². The second-order valence-electron chi connectivity index (χ2n) is 5.17. The van der Waals surface area contributed by atoms with Crippen LogP contribution < -0.4 is 5.32 Å². The minimum atomic E-state index is -1.01. The molecular weight excluding hydrogens is 312 g/mol. The first-order valence-electron chi connectivity index (χ1n) is 7.19. The molecule has 1 aromatic carbocycles. The molecule has 1 aromatic rings. The van der Waals surface area contributed by atoms with Crippen LogP contribution in [0.3, 0.4) is 0 Å². The fourth-order valence-corrected chi connectivity index (χ4v) is 2.51. The lowest BCUT2D eigenvalue weighted by atomic mass is 10.1. The largest absolute Gasteiger partial charge is 0.476 e. The zero-order valence-electron chi connectivity index (χ0n) is 13.1. The van der Waals surface area contributed by atoms with E-state index in [0.29, 0.717) is 23.0 Å². The van der Waals surface area contributed by atoms with Gasteiger partial charge in [0.05, 0.1) is 5.70 Å². The van der Waals surface area contributed by atoms with E-state index in [1.165, 1.54) is 0 Å². The molecule has 0 bridgehead atoms. The highest BCUT2D eigenvalue weighted by Crippen LogP contribution is 2.23. The van der Waals surface area contributed by atoms with E-state index in [-0.39, 0.29) is 5.70 Å². The standard InChI is InChI=1S/C18H19ClN2O2/c1-4-9-21-13(3)6-8-16(17(21)18(22)23)20-11-14-10-15(19)7-5-12(14)2/h4-10,20H,3,11H2,1-2H3,(H,22,23)/b9-4-. The van der Waals surface area contributed by atoms with Crippen molar-refractivity contribution in [2.75, 3.05) is 0 Å². The quantitative estimate of drug-likeness (QED) is 0.858. The summed E-state index contributed by atoms with van der Waals surface area (Å²) >= 11 is 6.02. The molecule has 0 saturated heterocycles. The van der Waals surface area contributed by atoms with E-state index >= 15 is 0 Å². The Bertz CT molecular complexity index is 733. The van der Waals surface area contributed by atoms with Gasteiger partial charge in [-0.2, -0.15) is 0 Å². The smallest absolute Gasteiger partial charge is 0.355 e. The van der Waals surface area contributed by atoms with Crippen LogP contribution in [0.1, 0.15) is 18.1 Å². The van der Waals surface area contributed by atoms with Crippen molar-refractivity contribution in [3.05, 3.63) is 82.4 Å². The molecule has 0 aliphatic carbocycles. The molecule has 0 amide bonds. The van der Waals surface area contributed by atoms with E-state index in [1.54, 1.807) is 29.3 Å². The number of carbonyl (C=O) groups is 1. The number of nitrogens with zero attached hydrogens (tertiary/aromatic N) is 1. The van der Waals surface area contributed by atoms with E-state index in [4.69, 9.17) is 11.6 Å². The summed E-state index contributed by atoms with van der Waals surface area (Å²) < 4.78 is 0. The fraction of sp³-hybridized carbons (Fsp3) is 0.167. The molecule has 120 valence electrons. The number of aryl methyl sites for hydroxylation is 1. The van der Waals surface area contributed by atoms with Gasteiger partial charge in [-0.1, -0.05) is 30.3 Å². The summed E-state index contributed by atoms with van der Waals surface area (Å²) in [7, 11) is 0. The van der Waals surface area contributed by atoms with Gasteiger partial charge in [0.25, 0.3) is 0 Å². The van der Waals surface area contributed by atoms with Gasteiger partial charge in [0, 0.05) is 23.5 Å². The average molecular weight is 331 g/mol. The Balaban J connectivity index is 2.31. The Morgan fingerprint density at radius 1 is 1.43 bits per heavy atom. The number of carboxylic acid groups (broad SMARTS) is 1. The highest BCUT2D eigenvalue weighted by atomic mass is 35.5. The summed E-state index contributed by atoms with van der Waals surface area (Å²) in [6, 6.07) is 5.65. The first-order valence-corrected chi connectivity index (χ1v) is 7.57. The topological polar surface area (TPSA) is 52.6 Å². The third-order valence-corrected chi connectivity index (χ3v) is 3.76. The van der Waals surface area contributed by atoms with Gasteiger partial charge in [-0.05, 0) is 49.3 Å². The summed E-state index contributed by atoms with van der Waals surface area (Å²) in [5, 5.41) is 13.4. The number of rotatable bonds is 5. The van der Waals surface area contributed by atoms with Crippen molar-refractivity contribution in [3.63, 3.8) is 0 Å². The number of aliphatic carboxylic acids is 1. The van der Waals surface area contributed by atoms with Crippen LogP contribution in [0.4, 0.5) is 0 Å². The Morgan fingerprint density at radius 2 is 2.17 bits per heavy atom. The number of benzene rings is 1. The summed E-state index contributed by atoms with van der Waals surface area (Å²) in [4.78, 5) is 13.2. The first-order chi connectivity index (χ1) is 10.9. The fourth-order valence-electron chi connectivity index (χ4n) is 2.31. The van der Waals surface area contributed by atoms with Crippen molar-refractivity contribution >= 4 is 17.6 Å². The number of hydrogen-bond acceptors (Lipinski definition) is 3.